The monoisotopic (exact) mass is 468 g/mol. The average Bonchev–Trinajstić information content (AvgIpc) is 3.18. The standard InChI is InChI=1S/C23H27Cl2FN2O3/c1-15(2)30-14-19(29)12-28(11-16-3-6-18(26)7-4-16)13-20-10-23(27-31-20)17-5-8-21(24)22(25)9-17/h3-9,15,19-20,29H,10-14H2,1-2H3/t19-,20-/m0/s1. The van der Waals surface area contributed by atoms with Gasteiger partial charge in [0, 0.05) is 31.6 Å². The van der Waals surface area contributed by atoms with Crippen LogP contribution in [0.4, 0.5) is 4.39 Å². The maximum atomic E-state index is 13.3. The predicted octanol–water partition coefficient (Wildman–Crippen LogP) is 4.91. The highest BCUT2D eigenvalue weighted by Crippen LogP contribution is 2.26. The molecule has 1 N–H and O–H groups in total. The Hall–Kier alpha value is -1.70. The van der Waals surface area contributed by atoms with E-state index in [4.69, 9.17) is 32.8 Å². The lowest BCUT2D eigenvalue weighted by molar-refractivity contribution is -0.0194. The third-order valence-corrected chi connectivity index (χ3v) is 5.60. The average molecular weight is 469 g/mol. The minimum absolute atomic E-state index is 0.0422. The molecule has 2 aromatic rings. The molecular formula is C23H27Cl2FN2O3. The first kappa shape index (κ1) is 24.0. The van der Waals surface area contributed by atoms with Crippen LogP contribution in [0.5, 0.6) is 0 Å². The van der Waals surface area contributed by atoms with E-state index in [0.717, 1.165) is 16.8 Å². The van der Waals surface area contributed by atoms with Crippen molar-refractivity contribution in [3.63, 3.8) is 0 Å². The van der Waals surface area contributed by atoms with Gasteiger partial charge in [-0.25, -0.2) is 4.39 Å². The summed E-state index contributed by atoms with van der Waals surface area (Å²) >= 11 is 12.1. The molecule has 8 heteroatoms. The first-order valence-corrected chi connectivity index (χ1v) is 11.0. The molecule has 1 aliphatic rings. The van der Waals surface area contributed by atoms with Crippen LogP contribution in [0.25, 0.3) is 0 Å². The molecular weight excluding hydrogens is 442 g/mol. The summed E-state index contributed by atoms with van der Waals surface area (Å²) < 4.78 is 18.8. The van der Waals surface area contributed by atoms with Gasteiger partial charge in [-0.05, 0) is 43.7 Å². The number of rotatable bonds is 10. The Morgan fingerprint density at radius 1 is 1.19 bits per heavy atom. The fourth-order valence-electron chi connectivity index (χ4n) is 3.37. The highest BCUT2D eigenvalue weighted by atomic mass is 35.5. The SMILES string of the molecule is CC(C)OC[C@@H](O)CN(Cc1ccc(F)cc1)C[C@@H]1CC(c2ccc(Cl)c(Cl)c2)=NO1. The van der Waals surface area contributed by atoms with Crippen molar-refractivity contribution in [2.75, 3.05) is 19.7 Å². The molecule has 0 bridgehead atoms. The molecule has 3 rings (SSSR count). The van der Waals surface area contributed by atoms with Crippen LogP contribution in [0.3, 0.4) is 0 Å². The first-order chi connectivity index (χ1) is 14.8. The third kappa shape index (κ3) is 7.44. The first-order valence-electron chi connectivity index (χ1n) is 10.2. The van der Waals surface area contributed by atoms with Gasteiger partial charge in [-0.15, -0.1) is 0 Å². The quantitative estimate of drug-likeness (QED) is 0.537. The summed E-state index contributed by atoms with van der Waals surface area (Å²) in [4.78, 5) is 7.72. The molecule has 0 spiro atoms. The highest BCUT2D eigenvalue weighted by Gasteiger charge is 2.26. The number of hydrogen-bond acceptors (Lipinski definition) is 5. The van der Waals surface area contributed by atoms with Crippen molar-refractivity contribution in [1.82, 2.24) is 4.90 Å². The van der Waals surface area contributed by atoms with Crippen LogP contribution in [-0.2, 0) is 16.1 Å². The molecule has 0 unspecified atom stereocenters. The molecule has 0 amide bonds. The van der Waals surface area contributed by atoms with E-state index in [1.165, 1.54) is 12.1 Å². The van der Waals surface area contributed by atoms with E-state index >= 15 is 0 Å². The molecule has 168 valence electrons. The van der Waals surface area contributed by atoms with Crippen molar-refractivity contribution in [1.29, 1.82) is 0 Å². The van der Waals surface area contributed by atoms with Gasteiger partial charge in [0.25, 0.3) is 0 Å². The van der Waals surface area contributed by atoms with Gasteiger partial charge in [0.15, 0.2) is 0 Å². The summed E-state index contributed by atoms with van der Waals surface area (Å²) in [5, 5.41) is 15.6. The summed E-state index contributed by atoms with van der Waals surface area (Å²) in [7, 11) is 0. The van der Waals surface area contributed by atoms with Crippen LogP contribution in [0, 0.1) is 5.82 Å². The Labute approximate surface area is 192 Å². The van der Waals surface area contributed by atoms with E-state index in [9.17, 15) is 9.50 Å². The van der Waals surface area contributed by atoms with Gasteiger partial charge in [0.2, 0.25) is 0 Å². The zero-order chi connectivity index (χ0) is 22.4. The molecule has 2 aromatic carbocycles. The molecule has 1 heterocycles. The van der Waals surface area contributed by atoms with E-state index in [2.05, 4.69) is 10.1 Å². The fraction of sp³-hybridized carbons (Fsp3) is 0.435. The van der Waals surface area contributed by atoms with Crippen molar-refractivity contribution in [2.45, 2.75) is 45.1 Å². The maximum absolute atomic E-state index is 13.3. The number of oxime groups is 1. The minimum Gasteiger partial charge on any atom is -0.390 e. The van der Waals surface area contributed by atoms with Crippen molar-refractivity contribution in [3.05, 3.63) is 69.5 Å². The van der Waals surface area contributed by atoms with Gasteiger partial charge < -0.3 is 14.7 Å². The van der Waals surface area contributed by atoms with Crippen LogP contribution in [0.15, 0.2) is 47.6 Å². The second-order valence-electron chi connectivity index (χ2n) is 7.95. The highest BCUT2D eigenvalue weighted by molar-refractivity contribution is 6.42. The number of hydrogen-bond donors (Lipinski definition) is 1. The summed E-state index contributed by atoms with van der Waals surface area (Å²) in [6.45, 7) is 5.58. The summed E-state index contributed by atoms with van der Waals surface area (Å²) in [5.41, 5.74) is 2.61. The molecule has 1 aliphatic heterocycles. The van der Waals surface area contributed by atoms with E-state index in [-0.39, 0.29) is 24.6 Å². The molecule has 5 nitrogen and oxygen atoms in total. The predicted molar refractivity (Wildman–Crippen MR) is 121 cm³/mol. The van der Waals surface area contributed by atoms with Crippen LogP contribution in [0.1, 0.15) is 31.4 Å². The second-order valence-corrected chi connectivity index (χ2v) is 8.77. The Bertz CT molecular complexity index is 893. The van der Waals surface area contributed by atoms with E-state index in [1.54, 1.807) is 24.3 Å². The zero-order valence-electron chi connectivity index (χ0n) is 17.6. The summed E-state index contributed by atoms with van der Waals surface area (Å²) in [5.74, 6) is -0.278. The molecule has 0 fully saturated rings. The number of nitrogens with zero attached hydrogens (tertiary/aromatic N) is 2. The lowest BCUT2D eigenvalue weighted by Gasteiger charge is -2.27. The minimum atomic E-state index is -0.653. The van der Waals surface area contributed by atoms with Crippen LogP contribution in [0.2, 0.25) is 10.0 Å². The Balaban J connectivity index is 1.63. The maximum Gasteiger partial charge on any atom is 0.145 e. The van der Waals surface area contributed by atoms with Gasteiger partial charge in [0.05, 0.1) is 34.6 Å². The van der Waals surface area contributed by atoms with Gasteiger partial charge >= 0.3 is 0 Å². The smallest absolute Gasteiger partial charge is 0.145 e. The van der Waals surface area contributed by atoms with E-state index in [1.807, 2.05) is 19.9 Å². The van der Waals surface area contributed by atoms with Gasteiger partial charge in [-0.2, -0.15) is 0 Å². The normalized spacial score (nSPS) is 17.2. The molecule has 31 heavy (non-hydrogen) atoms. The van der Waals surface area contributed by atoms with Gasteiger partial charge in [-0.1, -0.05) is 46.6 Å². The fourth-order valence-corrected chi connectivity index (χ4v) is 3.66. The number of aliphatic hydroxyl groups is 1. The summed E-state index contributed by atoms with van der Waals surface area (Å²) in [6, 6.07) is 11.7. The van der Waals surface area contributed by atoms with Gasteiger partial charge in [0.1, 0.15) is 11.9 Å². The number of benzene rings is 2. The number of halogens is 3. The van der Waals surface area contributed by atoms with Crippen molar-refractivity contribution < 1.29 is 19.1 Å². The van der Waals surface area contributed by atoms with Gasteiger partial charge in [-0.3, -0.25) is 4.90 Å². The van der Waals surface area contributed by atoms with Crippen LogP contribution < -0.4 is 0 Å². The third-order valence-electron chi connectivity index (χ3n) is 4.86. The Kier molecular flexibility index (Phi) is 8.69. The van der Waals surface area contributed by atoms with E-state index < -0.39 is 6.10 Å². The lowest BCUT2D eigenvalue weighted by Crippen LogP contribution is -2.39. The number of ether oxygens (including phenoxy) is 1. The molecule has 0 saturated heterocycles. The van der Waals surface area contributed by atoms with Crippen molar-refractivity contribution in [3.8, 4) is 0 Å². The lowest BCUT2D eigenvalue weighted by atomic mass is 10.0. The summed E-state index contributed by atoms with van der Waals surface area (Å²) in [6.07, 6.45) is -0.181. The second kappa shape index (κ2) is 11.2. The molecule has 0 saturated carbocycles. The van der Waals surface area contributed by atoms with E-state index in [0.29, 0.717) is 36.1 Å². The molecule has 0 aliphatic carbocycles. The molecule has 2 atom stereocenters. The zero-order valence-corrected chi connectivity index (χ0v) is 19.1. The van der Waals surface area contributed by atoms with Crippen molar-refractivity contribution in [2.24, 2.45) is 5.16 Å². The van der Waals surface area contributed by atoms with Crippen LogP contribution >= 0.6 is 23.2 Å². The molecule has 0 aromatic heterocycles. The number of aliphatic hydroxyl groups excluding tert-OH is 1. The molecule has 0 radical (unpaired) electrons. The van der Waals surface area contributed by atoms with Crippen LogP contribution in [-0.4, -0.2) is 53.7 Å². The largest absolute Gasteiger partial charge is 0.390 e. The van der Waals surface area contributed by atoms with Crippen molar-refractivity contribution >= 4 is 28.9 Å². The topological polar surface area (TPSA) is 54.3 Å². The Morgan fingerprint density at radius 3 is 2.61 bits per heavy atom. The Morgan fingerprint density at radius 2 is 1.94 bits per heavy atom.